The highest BCUT2D eigenvalue weighted by molar-refractivity contribution is 5.94. The van der Waals surface area contributed by atoms with Crippen LogP contribution in [0.4, 0.5) is 17.3 Å². The Labute approximate surface area is 142 Å². The van der Waals surface area contributed by atoms with Gasteiger partial charge in [-0.2, -0.15) is 0 Å². The largest absolute Gasteiger partial charge is 0.360 e. The van der Waals surface area contributed by atoms with Gasteiger partial charge in [-0.15, -0.1) is 0 Å². The van der Waals surface area contributed by atoms with Crippen molar-refractivity contribution < 1.29 is 4.92 Å². The summed E-state index contributed by atoms with van der Waals surface area (Å²) in [5.74, 6) is 0.378. The van der Waals surface area contributed by atoms with E-state index >= 15 is 0 Å². The number of non-ortho nitro benzene ring substituents is 1. The Balaban J connectivity index is 1.68. The van der Waals surface area contributed by atoms with Crippen LogP contribution in [0.3, 0.4) is 0 Å². The fraction of sp³-hybridized carbons (Fsp3) is 0. The first kappa shape index (κ1) is 14.8. The minimum atomic E-state index is -0.436. The lowest BCUT2D eigenvalue weighted by atomic mass is 10.1. The third kappa shape index (κ3) is 2.90. The predicted molar refractivity (Wildman–Crippen MR) is 95.7 cm³/mol. The van der Waals surface area contributed by atoms with E-state index in [0.717, 1.165) is 22.2 Å². The number of nitrogens with one attached hydrogen (secondary N) is 2. The van der Waals surface area contributed by atoms with Crippen molar-refractivity contribution in [1.29, 1.82) is 0 Å². The molecule has 0 fully saturated rings. The van der Waals surface area contributed by atoms with E-state index in [1.54, 1.807) is 18.3 Å². The molecule has 7 heteroatoms. The highest BCUT2D eigenvalue weighted by Gasteiger charge is 2.10. The Morgan fingerprint density at radius 3 is 2.84 bits per heavy atom. The average molecular weight is 331 g/mol. The van der Waals surface area contributed by atoms with Gasteiger partial charge in [0.1, 0.15) is 0 Å². The molecule has 4 rings (SSSR count). The Hall–Kier alpha value is -3.74. The van der Waals surface area contributed by atoms with Crippen LogP contribution in [0.5, 0.6) is 0 Å². The summed E-state index contributed by atoms with van der Waals surface area (Å²) in [6.45, 7) is 0. The van der Waals surface area contributed by atoms with Gasteiger partial charge in [-0.3, -0.25) is 10.1 Å². The number of hydrogen-bond donors (Lipinski definition) is 2. The van der Waals surface area contributed by atoms with E-state index < -0.39 is 4.92 Å². The Morgan fingerprint density at radius 2 is 1.96 bits per heavy atom. The maximum Gasteiger partial charge on any atom is 0.271 e. The maximum absolute atomic E-state index is 10.9. The van der Waals surface area contributed by atoms with Crippen molar-refractivity contribution in [1.82, 2.24) is 15.0 Å². The first-order valence-electron chi connectivity index (χ1n) is 7.62. The van der Waals surface area contributed by atoms with Crippen LogP contribution in [0.25, 0.3) is 22.2 Å². The maximum atomic E-state index is 10.9. The minimum Gasteiger partial charge on any atom is -0.360 e. The molecule has 0 atom stereocenters. The van der Waals surface area contributed by atoms with Crippen molar-refractivity contribution >= 4 is 28.2 Å². The van der Waals surface area contributed by atoms with Gasteiger partial charge in [0.2, 0.25) is 5.95 Å². The smallest absolute Gasteiger partial charge is 0.271 e. The number of nitrogens with zero attached hydrogens (tertiary/aromatic N) is 3. The zero-order chi connectivity index (χ0) is 17.2. The minimum absolute atomic E-state index is 0.0118. The van der Waals surface area contributed by atoms with Crippen molar-refractivity contribution in [3.05, 3.63) is 77.1 Å². The van der Waals surface area contributed by atoms with Gasteiger partial charge in [0.15, 0.2) is 0 Å². The van der Waals surface area contributed by atoms with Crippen LogP contribution < -0.4 is 5.32 Å². The topological polar surface area (TPSA) is 96.7 Å². The van der Waals surface area contributed by atoms with Gasteiger partial charge in [0, 0.05) is 46.7 Å². The van der Waals surface area contributed by atoms with Crippen molar-refractivity contribution in [2.24, 2.45) is 0 Å². The van der Waals surface area contributed by atoms with E-state index in [-0.39, 0.29) is 5.69 Å². The van der Waals surface area contributed by atoms with Crippen LogP contribution in [0.1, 0.15) is 0 Å². The van der Waals surface area contributed by atoms with Gasteiger partial charge in [-0.25, -0.2) is 9.97 Å². The van der Waals surface area contributed by atoms with Crippen LogP contribution >= 0.6 is 0 Å². The van der Waals surface area contributed by atoms with Gasteiger partial charge in [-0.1, -0.05) is 24.3 Å². The number of benzene rings is 2. The number of H-pyrrole nitrogens is 1. The number of aromatic nitrogens is 3. The number of aromatic amines is 1. The lowest BCUT2D eigenvalue weighted by Gasteiger charge is -2.06. The molecule has 0 bridgehead atoms. The zero-order valence-corrected chi connectivity index (χ0v) is 13.0. The Morgan fingerprint density at radius 1 is 1.08 bits per heavy atom. The molecule has 0 aliphatic heterocycles. The van der Waals surface area contributed by atoms with Crippen LogP contribution in [-0.2, 0) is 0 Å². The van der Waals surface area contributed by atoms with E-state index in [4.69, 9.17) is 0 Å². The fourth-order valence-electron chi connectivity index (χ4n) is 2.68. The Kier molecular flexibility index (Phi) is 3.59. The number of fused-ring (bicyclic) bond motifs is 1. The second-order valence-electron chi connectivity index (χ2n) is 5.45. The van der Waals surface area contributed by atoms with Gasteiger partial charge >= 0.3 is 0 Å². The number of para-hydroxylation sites is 1. The molecular formula is C18H13N5O2. The van der Waals surface area contributed by atoms with Crippen molar-refractivity contribution in [2.75, 3.05) is 5.32 Å². The van der Waals surface area contributed by atoms with E-state index in [0.29, 0.717) is 11.6 Å². The molecule has 0 saturated heterocycles. The lowest BCUT2D eigenvalue weighted by Crippen LogP contribution is -1.98. The number of anilines is 2. The first-order valence-corrected chi connectivity index (χ1v) is 7.62. The quantitative estimate of drug-likeness (QED) is 0.430. The number of hydrogen-bond acceptors (Lipinski definition) is 5. The SMILES string of the molecule is O=[N+]([O-])c1cccc(Nc2nccc(-c3c[nH]c4ccccc34)n2)c1. The molecule has 7 nitrogen and oxygen atoms in total. The molecule has 0 amide bonds. The molecule has 0 spiro atoms. The highest BCUT2D eigenvalue weighted by Crippen LogP contribution is 2.28. The molecule has 4 aromatic rings. The second-order valence-corrected chi connectivity index (χ2v) is 5.45. The van der Waals surface area contributed by atoms with Crippen LogP contribution in [0, 0.1) is 10.1 Å². The molecule has 0 aliphatic rings. The van der Waals surface area contributed by atoms with Gasteiger partial charge in [0.05, 0.1) is 10.6 Å². The molecule has 0 radical (unpaired) electrons. The molecule has 0 aliphatic carbocycles. The highest BCUT2D eigenvalue weighted by atomic mass is 16.6. The van der Waals surface area contributed by atoms with Crippen LogP contribution in [-0.4, -0.2) is 19.9 Å². The normalized spacial score (nSPS) is 10.7. The lowest BCUT2D eigenvalue weighted by molar-refractivity contribution is -0.384. The van der Waals surface area contributed by atoms with Crippen LogP contribution in [0.15, 0.2) is 67.0 Å². The summed E-state index contributed by atoms with van der Waals surface area (Å²) in [5, 5.41) is 15.0. The third-order valence-corrected chi connectivity index (χ3v) is 3.83. The zero-order valence-electron chi connectivity index (χ0n) is 13.0. The van der Waals surface area contributed by atoms with Gasteiger partial charge in [0.25, 0.3) is 5.69 Å². The summed E-state index contributed by atoms with van der Waals surface area (Å²) < 4.78 is 0. The van der Waals surface area contributed by atoms with Gasteiger partial charge in [-0.05, 0) is 18.2 Å². The van der Waals surface area contributed by atoms with E-state index in [1.807, 2.05) is 36.5 Å². The van der Waals surface area contributed by atoms with E-state index in [1.165, 1.54) is 12.1 Å². The number of nitro benzene ring substituents is 1. The first-order chi connectivity index (χ1) is 12.2. The molecule has 0 saturated carbocycles. The second kappa shape index (κ2) is 6.04. The van der Waals surface area contributed by atoms with E-state index in [9.17, 15) is 10.1 Å². The molecular weight excluding hydrogens is 318 g/mol. The van der Waals surface area contributed by atoms with Gasteiger partial charge < -0.3 is 10.3 Å². The van der Waals surface area contributed by atoms with Crippen molar-refractivity contribution in [3.63, 3.8) is 0 Å². The van der Waals surface area contributed by atoms with Crippen LogP contribution in [0.2, 0.25) is 0 Å². The summed E-state index contributed by atoms with van der Waals surface area (Å²) >= 11 is 0. The van der Waals surface area contributed by atoms with Crippen molar-refractivity contribution in [2.45, 2.75) is 0 Å². The standard InChI is InChI=1S/C18H13N5O2/c24-23(25)13-5-3-4-12(10-13)21-18-19-9-8-17(22-18)15-11-20-16-7-2-1-6-14(15)16/h1-11,20H,(H,19,21,22). The fourth-order valence-corrected chi connectivity index (χ4v) is 2.68. The molecule has 0 unspecified atom stereocenters. The summed E-state index contributed by atoms with van der Waals surface area (Å²) in [7, 11) is 0. The summed E-state index contributed by atoms with van der Waals surface area (Å²) in [5.41, 5.74) is 3.34. The third-order valence-electron chi connectivity index (χ3n) is 3.83. The molecule has 122 valence electrons. The molecule has 2 heterocycles. The van der Waals surface area contributed by atoms with Crippen molar-refractivity contribution in [3.8, 4) is 11.3 Å². The summed E-state index contributed by atoms with van der Waals surface area (Å²) in [6, 6.07) is 16.0. The molecule has 2 aromatic heterocycles. The summed E-state index contributed by atoms with van der Waals surface area (Å²) in [6.07, 6.45) is 3.56. The molecule has 25 heavy (non-hydrogen) atoms. The predicted octanol–water partition coefficient (Wildman–Crippen LogP) is 4.28. The molecule has 2 N–H and O–H groups in total. The monoisotopic (exact) mass is 331 g/mol. The number of nitro groups is 1. The van der Waals surface area contributed by atoms with E-state index in [2.05, 4.69) is 20.3 Å². The number of rotatable bonds is 4. The Bertz CT molecular complexity index is 1070. The molecule has 2 aromatic carbocycles. The summed E-state index contributed by atoms with van der Waals surface area (Å²) in [4.78, 5) is 22.4. The average Bonchev–Trinajstić information content (AvgIpc) is 3.06.